The van der Waals surface area contributed by atoms with E-state index in [1.165, 1.54) is 10.5 Å². The Morgan fingerprint density at radius 1 is 1.58 bits per heavy atom. The Bertz CT molecular complexity index is 523. The molecule has 0 amide bonds. The van der Waals surface area contributed by atoms with E-state index in [-0.39, 0.29) is 5.92 Å². The lowest BCUT2D eigenvalue weighted by Gasteiger charge is -2.23. The number of ether oxygens (including phenoxy) is 1. The predicted octanol–water partition coefficient (Wildman–Crippen LogP) is 3.36. The van der Waals surface area contributed by atoms with Gasteiger partial charge in [0.1, 0.15) is 0 Å². The Morgan fingerprint density at radius 2 is 2.32 bits per heavy atom. The summed E-state index contributed by atoms with van der Waals surface area (Å²) in [6.07, 6.45) is 0.520. The summed E-state index contributed by atoms with van der Waals surface area (Å²) in [5.41, 5.74) is 0.192. The van der Waals surface area contributed by atoms with Gasteiger partial charge in [-0.3, -0.25) is 4.79 Å². The largest absolute Gasteiger partial charge is 0.465 e. The molecule has 2 atom stereocenters. The van der Waals surface area contributed by atoms with Crippen LogP contribution >= 0.6 is 11.8 Å². The number of carbonyl (C=O) groups excluding carboxylic acids is 1. The van der Waals surface area contributed by atoms with Gasteiger partial charge in [-0.2, -0.15) is 5.26 Å². The monoisotopic (exact) mass is 275 g/mol. The molecule has 4 heteroatoms. The molecular weight excluding hydrogens is 258 g/mol. The maximum Gasteiger partial charge on any atom is 0.326 e. The third kappa shape index (κ3) is 2.76. The van der Waals surface area contributed by atoms with Gasteiger partial charge < -0.3 is 4.74 Å². The lowest BCUT2D eigenvalue weighted by Crippen LogP contribution is -2.30. The molecule has 1 heterocycles. The van der Waals surface area contributed by atoms with E-state index < -0.39 is 11.4 Å². The third-order valence-electron chi connectivity index (χ3n) is 3.43. The summed E-state index contributed by atoms with van der Waals surface area (Å²) in [5.74, 6) is 0.762. The lowest BCUT2D eigenvalue weighted by atomic mass is 9.80. The summed E-state index contributed by atoms with van der Waals surface area (Å²) >= 11 is 1.79. The summed E-state index contributed by atoms with van der Waals surface area (Å²) in [6.45, 7) is 3.75. The van der Waals surface area contributed by atoms with Gasteiger partial charge in [0, 0.05) is 10.6 Å². The summed E-state index contributed by atoms with van der Waals surface area (Å²) in [7, 11) is 0. The van der Waals surface area contributed by atoms with Crippen LogP contribution in [-0.2, 0) is 9.53 Å². The van der Waals surface area contributed by atoms with Gasteiger partial charge in [0.05, 0.1) is 12.7 Å². The Labute approximate surface area is 118 Å². The molecule has 0 saturated heterocycles. The first-order chi connectivity index (χ1) is 9.10. The van der Waals surface area contributed by atoms with Gasteiger partial charge in [0.2, 0.25) is 0 Å². The van der Waals surface area contributed by atoms with Gasteiger partial charge >= 0.3 is 5.97 Å². The molecule has 0 spiro atoms. The molecule has 2 rings (SSSR count). The molecule has 1 aromatic carbocycles. The highest BCUT2D eigenvalue weighted by Crippen LogP contribution is 2.44. The van der Waals surface area contributed by atoms with E-state index in [9.17, 15) is 10.1 Å². The van der Waals surface area contributed by atoms with Crippen molar-refractivity contribution in [2.45, 2.75) is 31.1 Å². The van der Waals surface area contributed by atoms with Crippen LogP contribution in [0.1, 0.15) is 31.7 Å². The zero-order chi connectivity index (χ0) is 13.9. The summed E-state index contributed by atoms with van der Waals surface area (Å²) in [6, 6.07) is 10.3. The zero-order valence-corrected chi connectivity index (χ0v) is 12.0. The van der Waals surface area contributed by atoms with Crippen LogP contribution in [0.5, 0.6) is 0 Å². The molecule has 0 saturated carbocycles. The van der Waals surface area contributed by atoms with E-state index in [1.807, 2.05) is 12.1 Å². The standard InChI is InChI=1S/C15H17NO2S/c1-3-18-14(17)15(2,10-16)8-11-9-19-13-7-5-4-6-12(11)13/h4-7,11H,3,8-9H2,1-2H3. The normalized spacial score (nSPS) is 20.2. The Hall–Kier alpha value is -1.47. The fourth-order valence-corrected chi connectivity index (χ4v) is 3.61. The average Bonchev–Trinajstić information content (AvgIpc) is 2.82. The van der Waals surface area contributed by atoms with Crippen molar-refractivity contribution in [3.8, 4) is 6.07 Å². The highest BCUT2D eigenvalue weighted by atomic mass is 32.2. The highest BCUT2D eigenvalue weighted by molar-refractivity contribution is 7.99. The Kier molecular flexibility index (Phi) is 4.16. The number of fused-ring (bicyclic) bond motifs is 1. The van der Waals surface area contributed by atoms with Crippen LogP contribution in [0.4, 0.5) is 0 Å². The molecule has 0 aliphatic carbocycles. The molecular formula is C15H17NO2S. The van der Waals surface area contributed by atoms with Crippen LogP contribution in [0.15, 0.2) is 29.2 Å². The molecule has 2 unspecified atom stereocenters. The van der Waals surface area contributed by atoms with Crippen LogP contribution in [0.25, 0.3) is 0 Å². The molecule has 1 aromatic rings. The first kappa shape index (κ1) is 14.0. The van der Waals surface area contributed by atoms with Crippen LogP contribution in [0, 0.1) is 16.7 Å². The van der Waals surface area contributed by atoms with Crippen molar-refractivity contribution >= 4 is 17.7 Å². The second-order valence-electron chi connectivity index (χ2n) is 4.91. The van der Waals surface area contributed by atoms with Crippen LogP contribution in [0.3, 0.4) is 0 Å². The van der Waals surface area contributed by atoms with Crippen LogP contribution in [0.2, 0.25) is 0 Å². The number of thioether (sulfide) groups is 1. The zero-order valence-electron chi connectivity index (χ0n) is 11.2. The molecule has 0 N–H and O–H groups in total. The number of hydrogen-bond donors (Lipinski definition) is 0. The van der Waals surface area contributed by atoms with Crippen molar-refractivity contribution in [2.24, 2.45) is 5.41 Å². The van der Waals surface area contributed by atoms with Crippen molar-refractivity contribution in [1.82, 2.24) is 0 Å². The molecule has 0 fully saturated rings. The maximum atomic E-state index is 11.9. The molecule has 100 valence electrons. The first-order valence-corrected chi connectivity index (χ1v) is 7.39. The summed E-state index contributed by atoms with van der Waals surface area (Å²) in [4.78, 5) is 13.2. The van der Waals surface area contributed by atoms with Gasteiger partial charge in [-0.05, 0) is 37.8 Å². The number of carbonyl (C=O) groups is 1. The highest BCUT2D eigenvalue weighted by Gasteiger charge is 2.39. The maximum absolute atomic E-state index is 11.9. The SMILES string of the molecule is CCOC(=O)C(C)(C#N)CC1CSc2ccccc21. The first-order valence-electron chi connectivity index (χ1n) is 6.41. The minimum Gasteiger partial charge on any atom is -0.465 e. The molecule has 0 bridgehead atoms. The minimum atomic E-state index is -1.06. The van der Waals surface area contributed by atoms with Crippen LogP contribution in [-0.4, -0.2) is 18.3 Å². The van der Waals surface area contributed by atoms with Gasteiger partial charge in [0.15, 0.2) is 5.41 Å². The Balaban J connectivity index is 2.17. The minimum absolute atomic E-state index is 0.246. The number of nitriles is 1. The number of nitrogens with zero attached hydrogens (tertiary/aromatic N) is 1. The van der Waals surface area contributed by atoms with Crippen LogP contribution < -0.4 is 0 Å². The van der Waals surface area contributed by atoms with E-state index in [1.54, 1.807) is 25.6 Å². The molecule has 1 aliphatic heterocycles. The van der Waals surface area contributed by atoms with Crippen molar-refractivity contribution in [1.29, 1.82) is 5.26 Å². The van der Waals surface area contributed by atoms with Gasteiger partial charge in [-0.25, -0.2) is 0 Å². The molecule has 0 aromatic heterocycles. The van der Waals surface area contributed by atoms with Crippen molar-refractivity contribution < 1.29 is 9.53 Å². The van der Waals surface area contributed by atoms with E-state index in [4.69, 9.17) is 4.74 Å². The van der Waals surface area contributed by atoms with Crippen molar-refractivity contribution in [3.63, 3.8) is 0 Å². The Morgan fingerprint density at radius 3 is 3.00 bits per heavy atom. The second-order valence-corrected chi connectivity index (χ2v) is 5.98. The molecule has 1 aliphatic rings. The second kappa shape index (κ2) is 5.66. The van der Waals surface area contributed by atoms with Crippen molar-refractivity contribution in [2.75, 3.05) is 12.4 Å². The topological polar surface area (TPSA) is 50.1 Å². The van der Waals surface area contributed by atoms with E-state index in [0.29, 0.717) is 13.0 Å². The van der Waals surface area contributed by atoms with Gasteiger partial charge in [0.25, 0.3) is 0 Å². The predicted molar refractivity (Wildman–Crippen MR) is 74.9 cm³/mol. The lowest BCUT2D eigenvalue weighted by molar-refractivity contribution is -0.151. The van der Waals surface area contributed by atoms with E-state index in [0.717, 1.165) is 5.75 Å². The van der Waals surface area contributed by atoms with Crippen molar-refractivity contribution in [3.05, 3.63) is 29.8 Å². The van der Waals surface area contributed by atoms with E-state index >= 15 is 0 Å². The quantitative estimate of drug-likeness (QED) is 0.791. The fourth-order valence-electron chi connectivity index (χ4n) is 2.36. The number of rotatable bonds is 4. The number of esters is 1. The van der Waals surface area contributed by atoms with E-state index in [2.05, 4.69) is 18.2 Å². The fraction of sp³-hybridized carbons (Fsp3) is 0.467. The van der Waals surface area contributed by atoms with Gasteiger partial charge in [-0.1, -0.05) is 18.2 Å². The summed E-state index contributed by atoms with van der Waals surface area (Å²) < 4.78 is 5.03. The molecule has 19 heavy (non-hydrogen) atoms. The third-order valence-corrected chi connectivity index (χ3v) is 4.68. The average molecular weight is 275 g/mol. The molecule has 0 radical (unpaired) electrons. The summed E-state index contributed by atoms with van der Waals surface area (Å²) in [5, 5.41) is 9.33. The number of hydrogen-bond acceptors (Lipinski definition) is 4. The molecule has 3 nitrogen and oxygen atoms in total. The number of benzene rings is 1. The smallest absolute Gasteiger partial charge is 0.326 e. The van der Waals surface area contributed by atoms with Gasteiger partial charge in [-0.15, -0.1) is 11.8 Å².